The van der Waals surface area contributed by atoms with Gasteiger partial charge in [0.2, 0.25) is 11.8 Å². The summed E-state index contributed by atoms with van der Waals surface area (Å²) >= 11 is 0. The van der Waals surface area contributed by atoms with Crippen LogP contribution in [0, 0.1) is 22.7 Å². The molecule has 4 rings (SSSR count). The van der Waals surface area contributed by atoms with Gasteiger partial charge in [-0.15, -0.1) is 6.58 Å². The van der Waals surface area contributed by atoms with E-state index < -0.39 is 68.1 Å². The van der Waals surface area contributed by atoms with Crippen molar-refractivity contribution in [2.24, 2.45) is 22.7 Å². The van der Waals surface area contributed by atoms with E-state index in [-0.39, 0.29) is 35.5 Å². The van der Waals surface area contributed by atoms with Crippen LogP contribution in [-0.4, -0.2) is 96.0 Å². The highest BCUT2D eigenvalue weighted by Crippen LogP contribution is 2.65. The number of rotatable bonds is 13. The summed E-state index contributed by atoms with van der Waals surface area (Å²) < 4.78 is 25.4. The Hall–Kier alpha value is -2.67. The number of urea groups is 1. The lowest BCUT2D eigenvalue weighted by molar-refractivity contribution is -0.144. The summed E-state index contributed by atoms with van der Waals surface area (Å²) in [4.78, 5) is 56.3. The molecule has 5 amide bonds. The van der Waals surface area contributed by atoms with Gasteiger partial charge in [0.1, 0.15) is 12.1 Å². The summed E-state index contributed by atoms with van der Waals surface area (Å²) in [7, 11) is -3.28. The zero-order valence-corrected chi connectivity index (χ0v) is 29.9. The van der Waals surface area contributed by atoms with Crippen molar-refractivity contribution in [2.75, 3.05) is 18.8 Å². The number of likely N-dealkylation sites (tertiary alicyclic amines) is 1. The highest BCUT2D eigenvalue weighted by molar-refractivity contribution is 7.93. The van der Waals surface area contributed by atoms with E-state index in [4.69, 9.17) is 0 Å². The van der Waals surface area contributed by atoms with Crippen molar-refractivity contribution >= 4 is 33.6 Å². The Morgan fingerprint density at radius 3 is 2.28 bits per heavy atom. The van der Waals surface area contributed by atoms with Gasteiger partial charge in [0.25, 0.3) is 5.91 Å². The number of aliphatic hydroxyl groups is 1. The molecule has 0 aromatic carbocycles. The van der Waals surface area contributed by atoms with E-state index in [1.807, 2.05) is 27.7 Å². The normalized spacial score (nSPS) is 28.8. The minimum Gasteiger partial charge on any atom is -0.381 e. The number of carbonyl (C=O) groups excluding carboxylic acids is 4. The van der Waals surface area contributed by atoms with Crippen LogP contribution in [0.4, 0.5) is 4.79 Å². The average Bonchev–Trinajstić information content (AvgIpc) is 3.30. The number of sulfone groups is 1. The molecule has 2 saturated carbocycles. The van der Waals surface area contributed by atoms with Gasteiger partial charge < -0.3 is 31.3 Å². The van der Waals surface area contributed by atoms with E-state index >= 15 is 0 Å². The van der Waals surface area contributed by atoms with Crippen LogP contribution in [-0.2, 0) is 24.2 Å². The molecule has 12 nitrogen and oxygen atoms in total. The summed E-state index contributed by atoms with van der Waals surface area (Å²) in [6.07, 6.45) is 6.17. The average molecular weight is 680 g/mol. The SMILES string of the molecule is C=CCNC(=O)C(O)[C@H](CCCC)NC(=O)[C@@H]1[C@@H]2[C@H](CN1C(=O)[C@@H](NC(=O)NC1([C@@H]3CCS3(=O)=O)CCCCC1)C(C)(C)C)C2(C)C. The van der Waals surface area contributed by atoms with Crippen molar-refractivity contribution < 1.29 is 32.7 Å². The minimum absolute atomic E-state index is 0.0841. The fraction of sp³-hybridized carbons (Fsp3) is 0.824. The summed E-state index contributed by atoms with van der Waals surface area (Å²) in [5.41, 5.74) is -1.77. The topological polar surface area (TPSA) is 174 Å². The van der Waals surface area contributed by atoms with E-state index in [0.29, 0.717) is 38.6 Å². The second kappa shape index (κ2) is 14.1. The number of aliphatic hydroxyl groups excluding tert-OH is 1. The number of amides is 5. The molecule has 0 radical (unpaired) electrons. The van der Waals surface area contributed by atoms with Crippen molar-refractivity contribution in [3.8, 4) is 0 Å². The van der Waals surface area contributed by atoms with Gasteiger partial charge in [-0.05, 0) is 48.3 Å². The van der Waals surface area contributed by atoms with Crippen LogP contribution < -0.4 is 21.3 Å². The second-order valence-corrected chi connectivity index (χ2v) is 18.2. The predicted octanol–water partition coefficient (Wildman–Crippen LogP) is 2.41. The molecule has 2 saturated heterocycles. The summed E-state index contributed by atoms with van der Waals surface area (Å²) in [6.45, 7) is 15.8. The van der Waals surface area contributed by atoms with Crippen LogP contribution in [0.1, 0.15) is 99.3 Å². The maximum atomic E-state index is 14.4. The molecule has 13 heteroatoms. The van der Waals surface area contributed by atoms with Crippen LogP contribution in [0.25, 0.3) is 0 Å². The Morgan fingerprint density at radius 2 is 1.74 bits per heavy atom. The van der Waals surface area contributed by atoms with Gasteiger partial charge in [-0.25, -0.2) is 13.2 Å². The third-order valence-corrected chi connectivity index (χ3v) is 13.6. The largest absolute Gasteiger partial charge is 0.381 e. The Bertz CT molecular complexity index is 1320. The lowest BCUT2D eigenvalue weighted by Gasteiger charge is -2.47. The van der Waals surface area contributed by atoms with E-state index in [1.54, 1.807) is 4.90 Å². The van der Waals surface area contributed by atoms with E-state index in [0.717, 1.165) is 25.7 Å². The van der Waals surface area contributed by atoms with Gasteiger partial charge in [0, 0.05) is 13.1 Å². The Kier molecular flexibility index (Phi) is 11.1. The number of unbranched alkanes of at least 4 members (excludes halogenated alkanes) is 1. The molecule has 0 bridgehead atoms. The molecule has 1 unspecified atom stereocenters. The molecule has 4 fully saturated rings. The lowest BCUT2D eigenvalue weighted by atomic mass is 9.78. The maximum Gasteiger partial charge on any atom is 0.315 e. The Labute approximate surface area is 280 Å². The van der Waals surface area contributed by atoms with Crippen molar-refractivity contribution in [3.05, 3.63) is 12.7 Å². The molecule has 266 valence electrons. The molecule has 2 aliphatic carbocycles. The minimum atomic E-state index is -3.28. The van der Waals surface area contributed by atoms with Gasteiger partial charge in [0.15, 0.2) is 15.9 Å². The Balaban J connectivity index is 1.54. The zero-order chi connectivity index (χ0) is 34.9. The fourth-order valence-electron chi connectivity index (χ4n) is 8.24. The highest BCUT2D eigenvalue weighted by atomic mass is 32.2. The number of nitrogens with one attached hydrogen (secondary N) is 4. The summed E-state index contributed by atoms with van der Waals surface area (Å²) in [6, 6.07) is -3.26. The van der Waals surface area contributed by atoms with Gasteiger partial charge in [-0.2, -0.15) is 0 Å². The van der Waals surface area contributed by atoms with Crippen LogP contribution in [0.15, 0.2) is 12.7 Å². The molecule has 0 spiro atoms. The number of nitrogens with zero attached hydrogens (tertiary/aromatic N) is 1. The van der Waals surface area contributed by atoms with Crippen LogP contribution in [0.2, 0.25) is 0 Å². The number of hydrogen-bond donors (Lipinski definition) is 5. The van der Waals surface area contributed by atoms with E-state index in [2.05, 4.69) is 41.7 Å². The fourth-order valence-corrected chi connectivity index (χ4v) is 10.1. The van der Waals surface area contributed by atoms with Gasteiger partial charge in [-0.3, -0.25) is 14.4 Å². The second-order valence-electron chi connectivity index (χ2n) is 15.9. The molecule has 47 heavy (non-hydrogen) atoms. The molecule has 0 aromatic heterocycles. The van der Waals surface area contributed by atoms with Gasteiger partial charge in [0.05, 0.1) is 22.6 Å². The summed E-state index contributed by atoms with van der Waals surface area (Å²) in [5.74, 6) is -1.34. The molecule has 0 aromatic rings. The number of fused-ring (bicyclic) bond motifs is 1. The van der Waals surface area contributed by atoms with Crippen molar-refractivity contribution in [3.63, 3.8) is 0 Å². The first-order valence-electron chi connectivity index (χ1n) is 17.4. The third-order valence-electron chi connectivity index (χ3n) is 11.2. The zero-order valence-electron chi connectivity index (χ0n) is 29.1. The smallest absolute Gasteiger partial charge is 0.315 e. The quantitative estimate of drug-likeness (QED) is 0.186. The maximum absolute atomic E-state index is 14.4. The number of carbonyl (C=O) groups is 4. The van der Waals surface area contributed by atoms with E-state index in [1.165, 1.54) is 6.08 Å². The standard InChI is InChI=1S/C34H57N5O7S/c1-8-10-14-22(26(40)29(42)35-18-9-2)36-28(41)25-24-21(33(24,6)7)20-39(25)30(43)27(32(3,4)5)37-31(44)38-34(16-12-11-13-17-34)23-15-19-47(23,45)46/h9,21-27,40H,2,8,10-20H2,1,3-7H3,(H,35,42)(H,36,41)(H2,37,38,44)/t21-,22-,23-,24-,25-,26?,27+/m0/s1. The summed E-state index contributed by atoms with van der Waals surface area (Å²) in [5, 5.41) is 21.7. The van der Waals surface area contributed by atoms with Crippen LogP contribution in [0.5, 0.6) is 0 Å². The first kappa shape index (κ1) is 37.2. The molecule has 5 N–H and O–H groups in total. The first-order valence-corrected chi connectivity index (χ1v) is 19.1. The molecular formula is C34H57N5O7S. The predicted molar refractivity (Wildman–Crippen MR) is 180 cm³/mol. The van der Waals surface area contributed by atoms with Gasteiger partial charge in [-0.1, -0.05) is 79.7 Å². The van der Waals surface area contributed by atoms with E-state index in [9.17, 15) is 32.7 Å². The molecule has 4 aliphatic rings. The van der Waals surface area contributed by atoms with Crippen molar-refractivity contribution in [2.45, 2.75) is 134 Å². The number of piperidine rings is 1. The molecular weight excluding hydrogens is 622 g/mol. The monoisotopic (exact) mass is 679 g/mol. The molecule has 2 aliphatic heterocycles. The molecule has 2 heterocycles. The van der Waals surface area contributed by atoms with Crippen LogP contribution in [0.3, 0.4) is 0 Å². The first-order chi connectivity index (χ1) is 21.9. The van der Waals surface area contributed by atoms with Gasteiger partial charge >= 0.3 is 6.03 Å². The highest BCUT2D eigenvalue weighted by Gasteiger charge is 2.70. The van der Waals surface area contributed by atoms with Crippen molar-refractivity contribution in [1.82, 2.24) is 26.2 Å². The van der Waals surface area contributed by atoms with Crippen LogP contribution >= 0.6 is 0 Å². The third kappa shape index (κ3) is 7.66. The molecule has 7 atom stereocenters. The number of hydrogen-bond acceptors (Lipinski definition) is 7. The lowest BCUT2D eigenvalue weighted by Crippen LogP contribution is -2.67. The Morgan fingerprint density at radius 1 is 1.09 bits per heavy atom. The van der Waals surface area contributed by atoms with Crippen molar-refractivity contribution in [1.29, 1.82) is 0 Å².